The van der Waals surface area contributed by atoms with Crippen molar-refractivity contribution in [3.8, 4) is 0 Å². The molecule has 0 saturated heterocycles. The second kappa shape index (κ2) is 15.4. The number of carboxylic acid groups (broad SMARTS) is 1. The molecule has 0 aliphatic heterocycles. The van der Waals surface area contributed by atoms with Crippen molar-refractivity contribution in [2.45, 2.75) is 71.1 Å². The molecular weight excluding hydrogens is 478 g/mol. The second-order valence-electron chi connectivity index (χ2n) is 9.60. The third-order valence-corrected chi connectivity index (χ3v) is 5.74. The summed E-state index contributed by atoms with van der Waals surface area (Å²) in [5.41, 5.74) is 17.3. The van der Waals surface area contributed by atoms with E-state index in [9.17, 15) is 24.3 Å². The average Bonchev–Trinajstić information content (AvgIpc) is 2.83. The van der Waals surface area contributed by atoms with Gasteiger partial charge in [-0.15, -0.1) is 0 Å². The molecule has 10 N–H and O–H groups in total. The second-order valence-corrected chi connectivity index (χ2v) is 9.60. The highest BCUT2D eigenvalue weighted by Crippen LogP contribution is 2.09. The van der Waals surface area contributed by atoms with E-state index in [-0.39, 0.29) is 37.2 Å². The van der Waals surface area contributed by atoms with E-state index in [1.165, 1.54) is 0 Å². The van der Waals surface area contributed by atoms with Crippen molar-refractivity contribution in [2.75, 3.05) is 6.54 Å². The number of carboxylic acids is 1. The van der Waals surface area contributed by atoms with Gasteiger partial charge in [0, 0.05) is 13.0 Å². The summed E-state index contributed by atoms with van der Waals surface area (Å²) in [6.07, 6.45) is 0.601. The quantitative estimate of drug-likeness (QED) is 0.0905. The number of aliphatic imine (C=N–C) groups is 1. The van der Waals surface area contributed by atoms with Gasteiger partial charge in [-0.3, -0.25) is 19.4 Å². The Hall–Kier alpha value is -3.67. The zero-order valence-electron chi connectivity index (χ0n) is 21.9. The van der Waals surface area contributed by atoms with Crippen molar-refractivity contribution < 1.29 is 24.3 Å². The molecule has 206 valence electrons. The van der Waals surface area contributed by atoms with Crippen LogP contribution in [0.2, 0.25) is 0 Å². The van der Waals surface area contributed by atoms with Crippen molar-refractivity contribution >= 4 is 29.7 Å². The minimum Gasteiger partial charge on any atom is -0.480 e. The number of aliphatic carboxylic acids is 1. The van der Waals surface area contributed by atoms with Gasteiger partial charge in [-0.1, -0.05) is 58.0 Å². The largest absolute Gasteiger partial charge is 0.480 e. The van der Waals surface area contributed by atoms with Gasteiger partial charge >= 0.3 is 5.97 Å². The van der Waals surface area contributed by atoms with Crippen LogP contribution in [0.25, 0.3) is 0 Å². The zero-order chi connectivity index (χ0) is 28.1. The number of carbonyl (C=O) groups excluding carboxylic acids is 3. The zero-order valence-corrected chi connectivity index (χ0v) is 21.9. The maximum absolute atomic E-state index is 13.3. The molecule has 0 bridgehead atoms. The summed E-state index contributed by atoms with van der Waals surface area (Å²) in [6, 6.07) is 5.06. The predicted molar refractivity (Wildman–Crippen MR) is 141 cm³/mol. The van der Waals surface area contributed by atoms with E-state index >= 15 is 0 Å². The smallest absolute Gasteiger partial charge is 0.326 e. The number of amides is 3. The molecule has 0 radical (unpaired) electrons. The molecule has 0 heterocycles. The molecule has 12 nitrogen and oxygen atoms in total. The van der Waals surface area contributed by atoms with Crippen molar-refractivity contribution in [3.63, 3.8) is 0 Å². The van der Waals surface area contributed by atoms with Gasteiger partial charge in [-0.25, -0.2) is 4.79 Å². The van der Waals surface area contributed by atoms with E-state index < -0.39 is 47.9 Å². The maximum atomic E-state index is 13.3. The van der Waals surface area contributed by atoms with Crippen LogP contribution in [0.4, 0.5) is 0 Å². The Labute approximate surface area is 217 Å². The van der Waals surface area contributed by atoms with Crippen LogP contribution in [-0.2, 0) is 25.6 Å². The van der Waals surface area contributed by atoms with Crippen molar-refractivity contribution in [1.82, 2.24) is 16.0 Å². The number of nitrogens with one attached hydrogen (secondary N) is 3. The van der Waals surface area contributed by atoms with E-state index in [0.717, 1.165) is 5.56 Å². The summed E-state index contributed by atoms with van der Waals surface area (Å²) in [4.78, 5) is 54.4. The first-order chi connectivity index (χ1) is 17.3. The van der Waals surface area contributed by atoms with Crippen LogP contribution in [0, 0.1) is 11.8 Å². The number of benzene rings is 1. The molecule has 0 fully saturated rings. The molecule has 0 aliphatic carbocycles. The molecule has 12 heteroatoms. The summed E-state index contributed by atoms with van der Waals surface area (Å²) in [5, 5.41) is 17.4. The van der Waals surface area contributed by atoms with Crippen molar-refractivity contribution in [1.29, 1.82) is 0 Å². The number of hydrogen-bond donors (Lipinski definition) is 7. The molecule has 3 amide bonds. The average molecular weight is 520 g/mol. The molecule has 0 spiro atoms. The van der Waals surface area contributed by atoms with Gasteiger partial charge < -0.3 is 38.3 Å². The summed E-state index contributed by atoms with van der Waals surface area (Å²) in [5.74, 6) is -3.55. The first kappa shape index (κ1) is 31.4. The summed E-state index contributed by atoms with van der Waals surface area (Å²) in [6.45, 7) is 7.25. The highest BCUT2D eigenvalue weighted by molar-refractivity contribution is 5.94. The van der Waals surface area contributed by atoms with Crippen LogP contribution >= 0.6 is 0 Å². The van der Waals surface area contributed by atoms with Gasteiger partial charge in [0.2, 0.25) is 17.7 Å². The molecule has 0 aliphatic rings. The van der Waals surface area contributed by atoms with E-state index in [0.29, 0.717) is 6.42 Å². The summed E-state index contributed by atoms with van der Waals surface area (Å²) >= 11 is 0. The molecule has 0 saturated carbocycles. The Bertz CT molecular complexity index is 933. The minimum atomic E-state index is -1.22. The lowest BCUT2D eigenvalue weighted by atomic mass is 9.99. The number of hydrogen-bond acceptors (Lipinski definition) is 6. The maximum Gasteiger partial charge on any atom is 0.326 e. The first-order valence-electron chi connectivity index (χ1n) is 12.3. The van der Waals surface area contributed by atoms with Crippen molar-refractivity contribution in [3.05, 3.63) is 35.9 Å². The molecule has 0 aromatic heterocycles. The van der Waals surface area contributed by atoms with E-state index in [4.69, 9.17) is 17.2 Å². The number of guanidine groups is 1. The van der Waals surface area contributed by atoms with Gasteiger partial charge in [0.1, 0.15) is 18.1 Å². The predicted octanol–water partition coefficient (Wildman–Crippen LogP) is -0.539. The van der Waals surface area contributed by atoms with Gasteiger partial charge in [-0.05, 0) is 30.2 Å². The fraction of sp³-hybridized carbons (Fsp3) is 0.560. The summed E-state index contributed by atoms with van der Waals surface area (Å²) < 4.78 is 0. The molecular formula is C25H41N7O5. The van der Waals surface area contributed by atoms with Crippen LogP contribution in [0.3, 0.4) is 0 Å². The third-order valence-electron chi connectivity index (χ3n) is 5.74. The van der Waals surface area contributed by atoms with E-state index in [1.807, 2.05) is 30.3 Å². The van der Waals surface area contributed by atoms with E-state index in [2.05, 4.69) is 20.9 Å². The third kappa shape index (κ3) is 11.3. The molecule has 37 heavy (non-hydrogen) atoms. The van der Waals surface area contributed by atoms with Crippen LogP contribution in [0.1, 0.15) is 46.1 Å². The van der Waals surface area contributed by atoms with E-state index in [1.54, 1.807) is 27.7 Å². The van der Waals surface area contributed by atoms with Crippen LogP contribution in [0.5, 0.6) is 0 Å². The number of nitrogens with zero attached hydrogens (tertiary/aromatic N) is 1. The Kier molecular flexibility index (Phi) is 13.1. The highest BCUT2D eigenvalue weighted by Gasteiger charge is 2.32. The molecule has 1 rings (SSSR count). The van der Waals surface area contributed by atoms with Gasteiger partial charge in [0.15, 0.2) is 5.96 Å². The molecule has 1 aromatic rings. The van der Waals surface area contributed by atoms with Crippen molar-refractivity contribution in [2.24, 2.45) is 34.0 Å². The SMILES string of the molecule is CC(C)C(N)C(=O)NC(Cc1ccccc1)C(=O)NC(C(=O)NC(CCCN=C(N)N)C(=O)O)C(C)C. The normalized spacial score (nSPS) is 14.2. The Morgan fingerprint density at radius 2 is 1.46 bits per heavy atom. The Morgan fingerprint density at radius 1 is 0.865 bits per heavy atom. The van der Waals surface area contributed by atoms with Gasteiger partial charge in [0.05, 0.1) is 6.04 Å². The van der Waals surface area contributed by atoms with Crippen LogP contribution in [-0.4, -0.2) is 65.5 Å². The first-order valence-corrected chi connectivity index (χ1v) is 12.3. The Balaban J connectivity index is 3.01. The standard InChI is InChI=1S/C25H41N7O5/c1-14(2)19(26)22(34)31-18(13-16-9-6-5-7-10-16)21(33)32-20(15(3)4)23(35)30-17(24(36)37)11-8-12-29-25(27)28/h5-7,9-10,14-15,17-20H,8,11-13,26H2,1-4H3,(H,30,35)(H,31,34)(H,32,33)(H,36,37)(H4,27,28,29). The Morgan fingerprint density at radius 3 is 1.97 bits per heavy atom. The topological polar surface area (TPSA) is 215 Å². The molecule has 4 atom stereocenters. The van der Waals surface area contributed by atoms with Gasteiger partial charge in [0.25, 0.3) is 0 Å². The highest BCUT2D eigenvalue weighted by atomic mass is 16.4. The summed E-state index contributed by atoms with van der Waals surface area (Å²) in [7, 11) is 0. The van der Waals surface area contributed by atoms with Crippen LogP contribution < -0.4 is 33.2 Å². The van der Waals surface area contributed by atoms with Gasteiger partial charge in [-0.2, -0.15) is 0 Å². The molecule has 4 unspecified atom stereocenters. The number of rotatable bonds is 15. The molecule has 1 aromatic carbocycles. The fourth-order valence-corrected chi connectivity index (χ4v) is 3.44. The fourth-order valence-electron chi connectivity index (χ4n) is 3.44. The number of carbonyl (C=O) groups is 4. The van der Waals surface area contributed by atoms with Crippen LogP contribution in [0.15, 0.2) is 35.3 Å². The minimum absolute atomic E-state index is 0.0936. The monoisotopic (exact) mass is 519 g/mol. The number of nitrogens with two attached hydrogens (primary N) is 3. The lowest BCUT2D eigenvalue weighted by molar-refractivity contribution is -0.142. The lowest BCUT2D eigenvalue weighted by Gasteiger charge is -2.27. The lowest BCUT2D eigenvalue weighted by Crippen LogP contribution is -2.59.